The van der Waals surface area contributed by atoms with Crippen LogP contribution in [0, 0.1) is 0 Å². The first-order valence-corrected chi connectivity index (χ1v) is 6.96. The Kier molecular flexibility index (Phi) is 5.23. The van der Waals surface area contributed by atoms with Crippen LogP contribution in [0.1, 0.15) is 12.8 Å². The van der Waals surface area contributed by atoms with Crippen molar-refractivity contribution < 1.29 is 14.3 Å². The molecule has 5 nitrogen and oxygen atoms in total. The minimum atomic E-state index is -0.452. The van der Waals surface area contributed by atoms with Gasteiger partial charge in [0.1, 0.15) is 6.10 Å². The van der Waals surface area contributed by atoms with E-state index in [-0.39, 0.29) is 12.5 Å². The lowest BCUT2D eigenvalue weighted by Gasteiger charge is -2.12. The average molecular weight is 317 g/mol. The van der Waals surface area contributed by atoms with Crippen molar-refractivity contribution in [3.63, 3.8) is 0 Å². The Hall–Kier alpha value is -1.30. The molecule has 1 unspecified atom stereocenters. The van der Waals surface area contributed by atoms with Crippen LogP contribution in [0.15, 0.2) is 18.2 Å². The minimum Gasteiger partial charge on any atom is -0.368 e. The number of anilines is 1. The van der Waals surface area contributed by atoms with Gasteiger partial charge in [-0.25, -0.2) is 0 Å². The predicted octanol–water partition coefficient (Wildman–Crippen LogP) is 2.23. The number of para-hydroxylation sites is 1. The van der Waals surface area contributed by atoms with E-state index in [1.54, 1.807) is 18.2 Å². The number of benzene rings is 1. The molecule has 2 rings (SSSR count). The highest BCUT2D eigenvalue weighted by Gasteiger charge is 2.23. The lowest BCUT2D eigenvalue weighted by molar-refractivity contribution is -0.131. The standard InChI is InChI=1S/C13H14Cl2N2O3/c14-8-3-1-4-9(15)12(8)17-11(18)7-16-13(19)10-5-2-6-20-10/h1,3-4,10H,2,5-7H2,(H,16,19)(H,17,18). The van der Waals surface area contributed by atoms with E-state index in [0.717, 1.165) is 6.42 Å². The van der Waals surface area contributed by atoms with Gasteiger partial charge in [0, 0.05) is 6.61 Å². The van der Waals surface area contributed by atoms with Crippen LogP contribution in [0.25, 0.3) is 0 Å². The van der Waals surface area contributed by atoms with Gasteiger partial charge in [-0.2, -0.15) is 0 Å². The fraction of sp³-hybridized carbons (Fsp3) is 0.385. The third kappa shape index (κ3) is 3.85. The fourth-order valence-electron chi connectivity index (χ4n) is 1.87. The smallest absolute Gasteiger partial charge is 0.249 e. The number of carbonyl (C=O) groups excluding carboxylic acids is 2. The summed E-state index contributed by atoms with van der Waals surface area (Å²) in [7, 11) is 0. The van der Waals surface area contributed by atoms with Gasteiger partial charge in [-0.05, 0) is 25.0 Å². The van der Waals surface area contributed by atoms with E-state index in [9.17, 15) is 9.59 Å². The Bertz CT molecular complexity index is 496. The largest absolute Gasteiger partial charge is 0.368 e. The highest BCUT2D eigenvalue weighted by atomic mass is 35.5. The zero-order valence-electron chi connectivity index (χ0n) is 10.6. The van der Waals surface area contributed by atoms with Gasteiger partial charge < -0.3 is 15.4 Å². The van der Waals surface area contributed by atoms with E-state index in [1.165, 1.54) is 0 Å². The molecule has 1 atom stereocenters. The molecule has 7 heteroatoms. The van der Waals surface area contributed by atoms with Crippen molar-refractivity contribution in [2.75, 3.05) is 18.5 Å². The second-order valence-corrected chi connectivity index (χ2v) is 5.18. The van der Waals surface area contributed by atoms with Crippen LogP contribution >= 0.6 is 23.2 Å². The lowest BCUT2D eigenvalue weighted by Crippen LogP contribution is -2.39. The van der Waals surface area contributed by atoms with Crippen molar-refractivity contribution in [2.24, 2.45) is 0 Å². The van der Waals surface area contributed by atoms with Crippen LogP contribution in [0.4, 0.5) is 5.69 Å². The van der Waals surface area contributed by atoms with E-state index >= 15 is 0 Å². The number of hydrogen-bond acceptors (Lipinski definition) is 3. The maximum atomic E-state index is 11.8. The fourth-order valence-corrected chi connectivity index (χ4v) is 2.36. The van der Waals surface area contributed by atoms with Gasteiger partial charge in [-0.15, -0.1) is 0 Å². The summed E-state index contributed by atoms with van der Waals surface area (Å²) in [5.74, 6) is -0.672. The quantitative estimate of drug-likeness (QED) is 0.895. The van der Waals surface area contributed by atoms with Crippen molar-refractivity contribution in [1.82, 2.24) is 5.32 Å². The molecular formula is C13H14Cl2N2O3. The summed E-state index contributed by atoms with van der Waals surface area (Å²) in [5, 5.41) is 5.78. The molecule has 1 aliphatic heterocycles. The summed E-state index contributed by atoms with van der Waals surface area (Å²) in [5.41, 5.74) is 0.340. The van der Waals surface area contributed by atoms with Crippen molar-refractivity contribution in [1.29, 1.82) is 0 Å². The van der Waals surface area contributed by atoms with E-state index in [1.807, 2.05) is 0 Å². The zero-order valence-corrected chi connectivity index (χ0v) is 12.1. The molecule has 1 saturated heterocycles. The van der Waals surface area contributed by atoms with Gasteiger partial charge in [0.25, 0.3) is 0 Å². The van der Waals surface area contributed by atoms with E-state index in [0.29, 0.717) is 28.8 Å². The number of hydrogen-bond donors (Lipinski definition) is 2. The first-order chi connectivity index (χ1) is 9.58. The average Bonchev–Trinajstić information content (AvgIpc) is 2.94. The summed E-state index contributed by atoms with van der Waals surface area (Å²) in [6, 6.07) is 4.92. The van der Waals surface area contributed by atoms with Crippen molar-refractivity contribution in [2.45, 2.75) is 18.9 Å². The molecule has 0 saturated carbocycles. The third-order valence-electron chi connectivity index (χ3n) is 2.87. The molecule has 1 aliphatic rings. The van der Waals surface area contributed by atoms with E-state index in [4.69, 9.17) is 27.9 Å². The van der Waals surface area contributed by atoms with Crippen LogP contribution in [0.5, 0.6) is 0 Å². The molecule has 0 radical (unpaired) electrons. The molecule has 0 spiro atoms. The van der Waals surface area contributed by atoms with Crippen LogP contribution in [0.2, 0.25) is 10.0 Å². The number of rotatable bonds is 4. The minimum absolute atomic E-state index is 0.153. The second-order valence-electron chi connectivity index (χ2n) is 4.36. The molecular weight excluding hydrogens is 303 g/mol. The maximum Gasteiger partial charge on any atom is 0.249 e. The first-order valence-electron chi connectivity index (χ1n) is 6.21. The summed E-state index contributed by atoms with van der Waals surface area (Å²) in [4.78, 5) is 23.4. The lowest BCUT2D eigenvalue weighted by atomic mass is 10.2. The van der Waals surface area contributed by atoms with Crippen LogP contribution < -0.4 is 10.6 Å². The van der Waals surface area contributed by atoms with Gasteiger partial charge >= 0.3 is 0 Å². The Morgan fingerprint density at radius 1 is 1.30 bits per heavy atom. The van der Waals surface area contributed by atoms with Gasteiger partial charge in [-0.3, -0.25) is 9.59 Å². The predicted molar refractivity (Wildman–Crippen MR) is 77.1 cm³/mol. The number of ether oxygens (including phenoxy) is 1. The van der Waals surface area contributed by atoms with E-state index in [2.05, 4.69) is 10.6 Å². The summed E-state index contributed by atoms with van der Waals surface area (Å²) < 4.78 is 5.22. The Morgan fingerprint density at radius 3 is 2.60 bits per heavy atom. The first kappa shape index (κ1) is 15.1. The number of nitrogens with one attached hydrogen (secondary N) is 2. The van der Waals surface area contributed by atoms with Gasteiger partial charge in [0.15, 0.2) is 0 Å². The Labute approximate surface area is 126 Å². The van der Waals surface area contributed by atoms with Crippen LogP contribution in [-0.4, -0.2) is 31.1 Å². The van der Waals surface area contributed by atoms with Crippen LogP contribution in [0.3, 0.4) is 0 Å². The van der Waals surface area contributed by atoms with Crippen LogP contribution in [-0.2, 0) is 14.3 Å². The molecule has 1 aromatic carbocycles. The monoisotopic (exact) mass is 316 g/mol. The Balaban J connectivity index is 1.85. The number of halogens is 2. The molecule has 1 aromatic rings. The van der Waals surface area contributed by atoms with Gasteiger partial charge in [0.05, 0.1) is 22.3 Å². The molecule has 0 aromatic heterocycles. The molecule has 2 amide bonds. The number of carbonyl (C=O) groups is 2. The van der Waals surface area contributed by atoms with Gasteiger partial charge in [-0.1, -0.05) is 29.3 Å². The highest BCUT2D eigenvalue weighted by molar-refractivity contribution is 6.39. The van der Waals surface area contributed by atoms with Gasteiger partial charge in [0.2, 0.25) is 11.8 Å². The zero-order chi connectivity index (χ0) is 14.5. The topological polar surface area (TPSA) is 67.4 Å². The van der Waals surface area contributed by atoms with Crippen molar-refractivity contribution in [3.8, 4) is 0 Å². The number of amides is 2. The highest BCUT2D eigenvalue weighted by Crippen LogP contribution is 2.29. The summed E-state index contributed by atoms with van der Waals surface area (Å²) in [6.07, 6.45) is 1.09. The molecule has 0 aliphatic carbocycles. The normalized spacial score (nSPS) is 17.8. The summed E-state index contributed by atoms with van der Waals surface area (Å²) in [6.45, 7) is 0.430. The molecule has 1 fully saturated rings. The summed E-state index contributed by atoms with van der Waals surface area (Å²) >= 11 is 11.9. The SMILES string of the molecule is O=C(CNC(=O)C1CCCO1)Nc1c(Cl)cccc1Cl. The Morgan fingerprint density at radius 2 is 2.00 bits per heavy atom. The molecule has 0 bridgehead atoms. The van der Waals surface area contributed by atoms with Crippen molar-refractivity contribution in [3.05, 3.63) is 28.2 Å². The third-order valence-corrected chi connectivity index (χ3v) is 3.50. The molecule has 2 N–H and O–H groups in total. The van der Waals surface area contributed by atoms with E-state index < -0.39 is 12.0 Å². The van der Waals surface area contributed by atoms with Crippen molar-refractivity contribution >= 4 is 40.7 Å². The molecule has 1 heterocycles. The second kappa shape index (κ2) is 6.92. The maximum absolute atomic E-state index is 11.8. The molecule has 20 heavy (non-hydrogen) atoms. The molecule has 108 valence electrons.